The third kappa shape index (κ3) is 15.6. The molecule has 30 aromatic rings. The number of fused-ring (bicyclic) bond motifs is 18. The molecule has 0 atom stereocenters. The SMILES string of the molecule is c1ccc(-c2cc(-c3ccccc3)cc(-n3c4ccccc4c4cc(-c5ccc6c(c5)c5ccccc5n6-c5ccccc5)ccc43)c2)cc1.c1ccc(-c2ccc(-c3cccc(-n4c5ccccc5c5cc(-c6ccc7c(c6)c6ccccc6n7-c6ccccc6)ccc54)c3)cc2)cc1.c1ccc(-c2ccc(-n3c4ccccc4c4cc(-c5ccc6c(c5)c5ccccc5n6-c5cccc(-c6ccccc6)c5)ccc43)cc2)cc1. The van der Waals surface area contributed by atoms with E-state index in [4.69, 9.17) is 0 Å². The first kappa shape index (κ1) is 87.8. The maximum Gasteiger partial charge on any atom is 0.0541 e. The molecule has 6 heterocycles. The van der Waals surface area contributed by atoms with Gasteiger partial charge in [0, 0.05) is 98.8 Å². The van der Waals surface area contributed by atoms with E-state index in [9.17, 15) is 0 Å². The van der Waals surface area contributed by atoms with E-state index in [1.54, 1.807) is 0 Å². The topological polar surface area (TPSA) is 29.6 Å². The molecule has 0 fully saturated rings. The molecule has 0 bridgehead atoms. The van der Waals surface area contributed by atoms with Crippen LogP contribution in [0.5, 0.6) is 0 Å². The molecule has 0 N–H and O–H groups in total. The summed E-state index contributed by atoms with van der Waals surface area (Å²) in [5.41, 5.74) is 43.3. The van der Waals surface area contributed by atoms with Gasteiger partial charge in [-0.1, -0.05) is 394 Å². The van der Waals surface area contributed by atoms with Gasteiger partial charge < -0.3 is 27.4 Å². The molecule has 6 nitrogen and oxygen atoms in total. The monoisotopic (exact) mass is 1910 g/mol. The Balaban J connectivity index is 0.000000108. The lowest BCUT2D eigenvalue weighted by Gasteiger charge is -2.14. The Kier molecular flexibility index (Phi) is 21.9. The summed E-state index contributed by atoms with van der Waals surface area (Å²) in [5, 5.41) is 15.1. The lowest BCUT2D eigenvalue weighted by molar-refractivity contribution is 1.18. The van der Waals surface area contributed by atoms with Crippen LogP contribution >= 0.6 is 0 Å². The van der Waals surface area contributed by atoms with Crippen LogP contribution in [0.25, 0.3) is 265 Å². The molecule has 0 aliphatic rings. The smallest absolute Gasteiger partial charge is 0.0541 e. The second kappa shape index (κ2) is 37.4. The van der Waals surface area contributed by atoms with Crippen LogP contribution in [0, 0.1) is 0 Å². The predicted molar refractivity (Wildman–Crippen MR) is 634 cm³/mol. The molecule has 0 unspecified atom stereocenters. The van der Waals surface area contributed by atoms with Gasteiger partial charge in [0.15, 0.2) is 0 Å². The maximum atomic E-state index is 2.43. The molecule has 0 aliphatic heterocycles. The van der Waals surface area contributed by atoms with Crippen LogP contribution in [-0.4, -0.2) is 27.4 Å². The Morgan fingerprint density at radius 1 is 0.0733 bits per heavy atom. The zero-order chi connectivity index (χ0) is 99.1. The van der Waals surface area contributed by atoms with E-state index in [2.05, 4.69) is 610 Å². The molecule has 0 aliphatic carbocycles. The number of benzene rings is 24. The molecule has 0 spiro atoms. The van der Waals surface area contributed by atoms with Crippen molar-refractivity contribution in [2.45, 2.75) is 0 Å². The number of para-hydroxylation sites is 8. The number of rotatable bonds is 15. The van der Waals surface area contributed by atoms with E-state index in [0.717, 1.165) is 22.7 Å². The van der Waals surface area contributed by atoms with E-state index in [-0.39, 0.29) is 0 Å². The zero-order valence-electron chi connectivity index (χ0n) is 82.1. The predicted octanol–water partition coefficient (Wildman–Crippen LogP) is 38.6. The fourth-order valence-electron chi connectivity index (χ4n) is 23.3. The third-order valence-electron chi connectivity index (χ3n) is 30.3. The van der Waals surface area contributed by atoms with Gasteiger partial charge in [-0.15, -0.1) is 0 Å². The summed E-state index contributed by atoms with van der Waals surface area (Å²) in [5.74, 6) is 0. The Morgan fingerprint density at radius 2 is 0.227 bits per heavy atom. The summed E-state index contributed by atoms with van der Waals surface area (Å²) < 4.78 is 14.4. The molecule has 6 aromatic heterocycles. The molecule has 30 rings (SSSR count). The second-order valence-corrected chi connectivity index (χ2v) is 39.0. The number of aromatic nitrogens is 6. The summed E-state index contributed by atoms with van der Waals surface area (Å²) in [4.78, 5) is 0. The van der Waals surface area contributed by atoms with Gasteiger partial charge in [0.05, 0.1) is 66.2 Å². The van der Waals surface area contributed by atoms with Gasteiger partial charge in [0.1, 0.15) is 0 Å². The Bertz CT molecular complexity index is 10400. The van der Waals surface area contributed by atoms with E-state index in [0.29, 0.717) is 0 Å². The van der Waals surface area contributed by atoms with Crippen molar-refractivity contribution in [3.05, 3.63) is 582 Å². The van der Waals surface area contributed by atoms with Crippen molar-refractivity contribution in [1.29, 1.82) is 0 Å². The van der Waals surface area contributed by atoms with Crippen LogP contribution < -0.4 is 0 Å². The first-order valence-corrected chi connectivity index (χ1v) is 51.6. The van der Waals surface area contributed by atoms with Gasteiger partial charge in [-0.25, -0.2) is 0 Å². The highest BCUT2D eigenvalue weighted by Crippen LogP contribution is 2.47. The summed E-state index contributed by atoms with van der Waals surface area (Å²) in [6.45, 7) is 0. The fraction of sp³-hybridized carbons (Fsp3) is 0. The minimum Gasteiger partial charge on any atom is -0.309 e. The van der Waals surface area contributed by atoms with Gasteiger partial charge >= 0.3 is 0 Å². The van der Waals surface area contributed by atoms with Crippen molar-refractivity contribution in [2.24, 2.45) is 0 Å². The minimum absolute atomic E-state index is 1.15. The van der Waals surface area contributed by atoms with Crippen molar-refractivity contribution >= 4 is 131 Å². The lowest BCUT2D eigenvalue weighted by Crippen LogP contribution is -1.96. The van der Waals surface area contributed by atoms with E-state index < -0.39 is 0 Å². The van der Waals surface area contributed by atoms with Gasteiger partial charge in [-0.2, -0.15) is 0 Å². The third-order valence-corrected chi connectivity index (χ3v) is 30.3. The average molecular weight is 1910 g/mol. The van der Waals surface area contributed by atoms with Crippen LogP contribution in [-0.2, 0) is 0 Å². The van der Waals surface area contributed by atoms with Crippen LogP contribution in [0.15, 0.2) is 582 Å². The summed E-state index contributed by atoms with van der Waals surface area (Å²) in [6.07, 6.45) is 0. The van der Waals surface area contributed by atoms with Crippen LogP contribution in [0.1, 0.15) is 0 Å². The maximum absolute atomic E-state index is 2.43. The average Bonchev–Trinajstić information content (AvgIpc) is 1.59. The molecule has 0 saturated carbocycles. The molecule has 0 radical (unpaired) electrons. The highest BCUT2D eigenvalue weighted by molar-refractivity contribution is 6.17. The molecular formula is C144H96N6. The van der Waals surface area contributed by atoms with Crippen molar-refractivity contribution < 1.29 is 0 Å². The van der Waals surface area contributed by atoms with Gasteiger partial charge in [0.2, 0.25) is 0 Å². The minimum atomic E-state index is 1.15. The Hall–Kier alpha value is -19.9. The molecule has 0 amide bonds. The largest absolute Gasteiger partial charge is 0.309 e. The van der Waals surface area contributed by atoms with Gasteiger partial charge in [-0.05, 0) is 288 Å². The van der Waals surface area contributed by atoms with E-state index in [1.165, 1.54) is 242 Å². The Labute approximate surface area is 868 Å². The number of hydrogen-bond acceptors (Lipinski definition) is 0. The van der Waals surface area contributed by atoms with Gasteiger partial charge in [-0.3, -0.25) is 0 Å². The highest BCUT2D eigenvalue weighted by atomic mass is 15.0. The summed E-state index contributed by atoms with van der Waals surface area (Å²) in [7, 11) is 0. The van der Waals surface area contributed by atoms with Crippen molar-refractivity contribution in [1.82, 2.24) is 27.4 Å². The van der Waals surface area contributed by atoms with Crippen LogP contribution in [0.4, 0.5) is 0 Å². The highest BCUT2D eigenvalue weighted by Gasteiger charge is 2.24. The quantitative estimate of drug-likeness (QED) is 0.0979. The van der Waals surface area contributed by atoms with E-state index in [1.807, 2.05) is 0 Å². The van der Waals surface area contributed by atoms with Crippen LogP contribution in [0.3, 0.4) is 0 Å². The zero-order valence-corrected chi connectivity index (χ0v) is 82.1. The molecule has 0 saturated heterocycles. The standard InChI is InChI=1S/3C48H32N2/c1-4-14-33(15-5-1)37-28-38(34-16-6-2-7-17-34)30-40(29-37)50-46-23-13-11-21-42(46)44-32-36(25-27-48(44)50)35-24-26-47-43(31-35)41-20-10-12-22-45(41)49(47)39-18-8-3-9-19-39;1-3-12-33(13-4-1)34-22-24-35(25-23-34)36-14-11-17-40(30-36)50-46-21-10-8-19-42(46)44-32-38(27-29-48(44)50)37-26-28-47-43(31-37)41-18-7-9-20-45(41)49(47)39-15-5-2-6-16-39;1-3-12-33(13-4-1)35-22-26-39(27-23-35)49-45-20-9-7-18-41(45)43-31-37(24-28-47(43)49)38-25-29-48-44(32-38)42-19-8-10-21-46(42)50(48)40-17-11-16-36(30-40)34-14-5-2-6-15-34/h3*1-32H. The van der Waals surface area contributed by atoms with E-state index >= 15 is 0 Å². The summed E-state index contributed by atoms with van der Waals surface area (Å²) >= 11 is 0. The molecule has 24 aromatic carbocycles. The number of hydrogen-bond donors (Lipinski definition) is 0. The summed E-state index contributed by atoms with van der Waals surface area (Å²) in [6, 6.07) is 211. The number of nitrogens with zero attached hydrogens (tertiary/aromatic N) is 6. The van der Waals surface area contributed by atoms with Crippen molar-refractivity contribution in [3.8, 4) is 134 Å². The normalized spacial score (nSPS) is 11.6. The van der Waals surface area contributed by atoms with Crippen molar-refractivity contribution in [2.75, 3.05) is 0 Å². The second-order valence-electron chi connectivity index (χ2n) is 39.0. The molecular weight excluding hydrogens is 1810 g/mol. The van der Waals surface area contributed by atoms with Gasteiger partial charge in [0.25, 0.3) is 0 Å². The first-order chi connectivity index (χ1) is 74.4. The van der Waals surface area contributed by atoms with Crippen LogP contribution in [0.2, 0.25) is 0 Å². The Morgan fingerprint density at radius 3 is 0.493 bits per heavy atom. The molecule has 702 valence electrons. The molecule has 6 heteroatoms. The first-order valence-electron chi connectivity index (χ1n) is 51.6. The fourth-order valence-corrected chi connectivity index (χ4v) is 23.3. The molecule has 150 heavy (non-hydrogen) atoms. The van der Waals surface area contributed by atoms with Crippen molar-refractivity contribution in [3.63, 3.8) is 0 Å². The lowest BCUT2D eigenvalue weighted by atomic mass is 9.98.